The van der Waals surface area contributed by atoms with Gasteiger partial charge >= 0.3 is 11.9 Å². The maximum Gasteiger partial charge on any atom is 0.306 e. The van der Waals surface area contributed by atoms with Gasteiger partial charge in [-0.25, -0.2) is 0 Å². The fraction of sp³-hybridized carbons (Fsp3) is 0.854. The number of hydrogen-bond donors (Lipinski definition) is 2. The van der Waals surface area contributed by atoms with Gasteiger partial charge < -0.3 is 38.1 Å². The van der Waals surface area contributed by atoms with Crippen molar-refractivity contribution in [2.75, 3.05) is 47.5 Å². The molecule has 6 atom stereocenters. The first kappa shape index (κ1) is 57.1. The number of likely N-dealkylation sites (N-methyl/N-ethyl adjacent to an activating group) is 1. The van der Waals surface area contributed by atoms with Crippen LogP contribution in [0.3, 0.4) is 0 Å². The molecule has 0 aromatic carbocycles. The van der Waals surface area contributed by atoms with Crippen LogP contribution in [0.15, 0.2) is 24.3 Å². The van der Waals surface area contributed by atoms with Crippen LogP contribution in [0, 0.1) is 11.8 Å². The molecule has 1 rings (SSSR count). The molecule has 1 unspecified atom stereocenters. The molecule has 13 heteroatoms. The number of unbranched alkanes of at least 4 members (excludes halogenated alkanes) is 18. The van der Waals surface area contributed by atoms with Crippen LogP contribution in [0.2, 0.25) is 0 Å². The van der Waals surface area contributed by atoms with Crippen molar-refractivity contribution < 1.29 is 57.1 Å². The number of phosphoric acid groups is 1. The molecule has 0 aromatic heterocycles. The highest BCUT2D eigenvalue weighted by Crippen LogP contribution is 2.38. The predicted octanol–water partition coefficient (Wildman–Crippen LogP) is 9.87. The first-order valence-electron chi connectivity index (χ1n) is 24.1. The molecule has 1 fully saturated rings. The summed E-state index contributed by atoms with van der Waals surface area (Å²) in [6.45, 7) is 3.85. The van der Waals surface area contributed by atoms with Crippen molar-refractivity contribution >= 4 is 25.5 Å². The largest absolute Gasteiger partial charge is 0.756 e. The molecule has 0 bridgehead atoms. The summed E-state index contributed by atoms with van der Waals surface area (Å²) in [5.41, 5.74) is 0. The molecule has 12 nitrogen and oxygen atoms in total. The zero-order valence-corrected chi connectivity index (χ0v) is 40.0. The van der Waals surface area contributed by atoms with Gasteiger partial charge in [-0.1, -0.05) is 141 Å². The lowest BCUT2D eigenvalue weighted by Gasteiger charge is -2.28. The zero-order chi connectivity index (χ0) is 45.2. The number of hydrogen-bond acceptors (Lipinski definition) is 11. The van der Waals surface area contributed by atoms with Gasteiger partial charge in [0.1, 0.15) is 25.5 Å². The van der Waals surface area contributed by atoms with E-state index in [2.05, 4.69) is 26.0 Å². The minimum absolute atomic E-state index is 0.0416. The molecule has 356 valence electrons. The third-order valence-electron chi connectivity index (χ3n) is 11.3. The van der Waals surface area contributed by atoms with E-state index in [1.807, 2.05) is 27.2 Å². The molecule has 0 saturated heterocycles. The predicted molar refractivity (Wildman–Crippen MR) is 242 cm³/mol. The highest BCUT2D eigenvalue weighted by Gasteiger charge is 2.39. The molecule has 61 heavy (non-hydrogen) atoms. The fourth-order valence-corrected chi connectivity index (χ4v) is 8.22. The van der Waals surface area contributed by atoms with Gasteiger partial charge in [-0.3, -0.25) is 18.9 Å². The average Bonchev–Trinajstić information content (AvgIpc) is 3.47. The van der Waals surface area contributed by atoms with Gasteiger partial charge in [0.15, 0.2) is 6.10 Å². The second-order valence-corrected chi connectivity index (χ2v) is 19.7. The SMILES string of the molecule is CCCCCCCC/C=C\CCCCCCCCCC(=O)OC[C@H](COP(=O)([O-])OCC[N+](C)(C)C)OC(=O)CCCCCC[C@H]1C(=O)C[C@@H](O)[C@@H]1/C=C/[C@@H](O)CCCCC. The number of aliphatic hydroxyl groups excluding tert-OH is 2. The van der Waals surface area contributed by atoms with Gasteiger partial charge in [0, 0.05) is 31.1 Å². The number of nitrogens with zero attached hydrogens (tertiary/aromatic N) is 1. The maximum absolute atomic E-state index is 12.8. The van der Waals surface area contributed by atoms with Crippen LogP contribution in [-0.4, -0.2) is 98.2 Å². The molecule has 0 aromatic rings. The Morgan fingerprint density at radius 3 is 1.92 bits per heavy atom. The Bertz CT molecular complexity index is 1250. The Balaban J connectivity index is 2.43. The fourth-order valence-electron chi connectivity index (χ4n) is 7.49. The van der Waals surface area contributed by atoms with Gasteiger partial charge in [0.2, 0.25) is 0 Å². The number of ether oxygens (including phenoxy) is 2. The minimum Gasteiger partial charge on any atom is -0.756 e. The molecule has 1 saturated carbocycles. The van der Waals surface area contributed by atoms with E-state index < -0.39 is 44.7 Å². The van der Waals surface area contributed by atoms with E-state index in [1.54, 1.807) is 6.08 Å². The van der Waals surface area contributed by atoms with Gasteiger partial charge in [0.25, 0.3) is 7.82 Å². The standard InChI is InChI=1S/C48H88NO11P/c1-6-8-10-11-12-13-14-15-16-17-18-19-20-21-22-23-28-32-47(53)57-39-42(40-59-61(55,56)58-37-36-49(3,4)5)60-48(54)33-29-25-24-27-31-43-44(46(52)38-45(43)51)35-34-41(50)30-26-9-7-2/h15-16,34-35,41-44,46,50,52H,6-14,17-33,36-40H2,1-5H3/b16-15-,35-34+/t41-,42+,43+,44+,46+/m0/s1. The van der Waals surface area contributed by atoms with E-state index in [1.165, 1.54) is 64.2 Å². The number of carbonyl (C=O) groups is 3. The van der Waals surface area contributed by atoms with Gasteiger partial charge in [-0.15, -0.1) is 0 Å². The lowest BCUT2D eigenvalue weighted by atomic mass is 9.88. The zero-order valence-electron chi connectivity index (χ0n) is 39.1. The number of phosphoric ester groups is 1. The van der Waals surface area contributed by atoms with E-state index in [0.29, 0.717) is 43.1 Å². The number of quaternary nitrogens is 1. The Labute approximate surface area is 370 Å². The highest BCUT2D eigenvalue weighted by molar-refractivity contribution is 7.45. The quantitative estimate of drug-likeness (QED) is 0.0198. The second kappa shape index (κ2) is 35.4. The molecular weight excluding hydrogens is 797 g/mol. The molecule has 0 heterocycles. The number of carbonyl (C=O) groups excluding carboxylic acids is 3. The second-order valence-electron chi connectivity index (χ2n) is 18.2. The van der Waals surface area contributed by atoms with Crippen molar-refractivity contribution in [2.45, 2.75) is 206 Å². The summed E-state index contributed by atoms with van der Waals surface area (Å²) < 4.78 is 33.9. The number of allylic oxidation sites excluding steroid dienone is 2. The Morgan fingerprint density at radius 1 is 0.770 bits per heavy atom. The van der Waals surface area contributed by atoms with Crippen LogP contribution in [0.4, 0.5) is 0 Å². The van der Waals surface area contributed by atoms with Gasteiger partial charge in [-0.05, 0) is 51.4 Å². The smallest absolute Gasteiger partial charge is 0.306 e. The summed E-state index contributed by atoms with van der Waals surface area (Å²) in [4.78, 5) is 50.5. The van der Waals surface area contributed by atoms with Gasteiger partial charge in [-0.2, -0.15) is 0 Å². The molecule has 1 aliphatic carbocycles. The Morgan fingerprint density at radius 2 is 1.31 bits per heavy atom. The van der Waals surface area contributed by atoms with Gasteiger partial charge in [0.05, 0.1) is 40.0 Å². The molecule has 0 amide bonds. The number of rotatable bonds is 40. The topological polar surface area (TPSA) is 169 Å². The number of ketones is 1. The van der Waals surface area contributed by atoms with Crippen molar-refractivity contribution in [2.24, 2.45) is 11.8 Å². The first-order chi connectivity index (χ1) is 29.2. The summed E-state index contributed by atoms with van der Waals surface area (Å²) >= 11 is 0. The number of Topliss-reactive ketones (excluding diaryl/α,β-unsaturated/α-hetero) is 1. The molecular formula is C48H88NO11P. The van der Waals surface area contributed by atoms with Crippen molar-refractivity contribution in [1.82, 2.24) is 0 Å². The number of esters is 2. The number of aliphatic hydroxyl groups is 2. The highest BCUT2D eigenvalue weighted by atomic mass is 31.2. The Hall–Kier alpha value is -1.92. The van der Waals surface area contributed by atoms with Crippen molar-refractivity contribution in [3.63, 3.8) is 0 Å². The van der Waals surface area contributed by atoms with E-state index in [9.17, 15) is 34.1 Å². The molecule has 1 aliphatic rings. The summed E-state index contributed by atoms with van der Waals surface area (Å²) in [7, 11) is 1.02. The van der Waals surface area contributed by atoms with Crippen LogP contribution in [0.5, 0.6) is 0 Å². The lowest BCUT2D eigenvalue weighted by Crippen LogP contribution is -2.37. The molecule has 0 radical (unpaired) electrons. The van der Waals surface area contributed by atoms with Crippen molar-refractivity contribution in [3.05, 3.63) is 24.3 Å². The average molecular weight is 886 g/mol. The normalized spacial score (nSPS) is 19.1. The summed E-state index contributed by atoms with van der Waals surface area (Å²) in [5, 5.41) is 20.8. The lowest BCUT2D eigenvalue weighted by molar-refractivity contribution is -0.870. The summed E-state index contributed by atoms with van der Waals surface area (Å²) in [5.74, 6) is -1.55. The van der Waals surface area contributed by atoms with Crippen molar-refractivity contribution in [3.8, 4) is 0 Å². The van der Waals surface area contributed by atoms with E-state index in [-0.39, 0.29) is 50.1 Å². The third-order valence-corrected chi connectivity index (χ3v) is 12.3. The van der Waals surface area contributed by atoms with Crippen LogP contribution in [0.25, 0.3) is 0 Å². The first-order valence-corrected chi connectivity index (χ1v) is 25.6. The Kier molecular flexibility index (Phi) is 33.2. The molecule has 0 aliphatic heterocycles. The van der Waals surface area contributed by atoms with E-state index in [0.717, 1.165) is 57.8 Å². The van der Waals surface area contributed by atoms with Crippen LogP contribution in [-0.2, 0) is 37.5 Å². The third kappa shape index (κ3) is 32.4. The summed E-state index contributed by atoms with van der Waals surface area (Å²) in [6.07, 6.45) is 31.0. The maximum atomic E-state index is 12.8. The van der Waals surface area contributed by atoms with Crippen LogP contribution >= 0.6 is 7.82 Å². The molecule has 2 N–H and O–H groups in total. The minimum atomic E-state index is -4.69. The van der Waals surface area contributed by atoms with E-state index >= 15 is 0 Å². The monoisotopic (exact) mass is 886 g/mol. The van der Waals surface area contributed by atoms with Crippen LogP contribution < -0.4 is 4.89 Å². The summed E-state index contributed by atoms with van der Waals surface area (Å²) in [6, 6.07) is 0. The van der Waals surface area contributed by atoms with E-state index in [4.69, 9.17) is 18.5 Å². The van der Waals surface area contributed by atoms with Crippen LogP contribution in [0.1, 0.15) is 187 Å². The van der Waals surface area contributed by atoms with Crippen molar-refractivity contribution in [1.29, 1.82) is 0 Å². The molecule has 0 spiro atoms.